The number of halogens is 1. The van der Waals surface area contributed by atoms with Crippen LogP contribution in [-0.2, 0) is 4.74 Å². The first kappa shape index (κ1) is 15.8. The summed E-state index contributed by atoms with van der Waals surface area (Å²) in [4.78, 5) is 23.0. The normalized spacial score (nSPS) is 21.0. The van der Waals surface area contributed by atoms with E-state index < -0.39 is 5.97 Å². The van der Waals surface area contributed by atoms with Crippen molar-refractivity contribution in [3.63, 3.8) is 0 Å². The van der Waals surface area contributed by atoms with Crippen molar-refractivity contribution in [2.45, 2.75) is 31.4 Å². The number of carboxylic acid groups (broad SMARTS) is 1. The lowest BCUT2D eigenvalue weighted by Crippen LogP contribution is -2.42. The van der Waals surface area contributed by atoms with E-state index in [0.717, 1.165) is 19.3 Å². The zero-order valence-electron chi connectivity index (χ0n) is 11.6. The molecule has 0 saturated heterocycles. The molecule has 1 aliphatic carbocycles. The molecule has 0 heterocycles. The van der Waals surface area contributed by atoms with Crippen molar-refractivity contribution < 1.29 is 19.4 Å². The molecule has 21 heavy (non-hydrogen) atoms. The van der Waals surface area contributed by atoms with Crippen LogP contribution in [0.15, 0.2) is 22.7 Å². The van der Waals surface area contributed by atoms with Gasteiger partial charge in [0.15, 0.2) is 0 Å². The van der Waals surface area contributed by atoms with E-state index in [1.165, 1.54) is 12.1 Å². The van der Waals surface area contributed by atoms with Crippen LogP contribution in [0.2, 0.25) is 0 Å². The molecule has 2 atom stereocenters. The Morgan fingerprint density at radius 1 is 1.33 bits per heavy atom. The van der Waals surface area contributed by atoms with E-state index in [9.17, 15) is 9.59 Å². The largest absolute Gasteiger partial charge is 0.478 e. The van der Waals surface area contributed by atoms with Crippen molar-refractivity contribution in [2.75, 3.05) is 12.4 Å². The van der Waals surface area contributed by atoms with Gasteiger partial charge < -0.3 is 20.5 Å². The van der Waals surface area contributed by atoms with Crippen LogP contribution in [0, 0.1) is 0 Å². The predicted molar refractivity (Wildman–Crippen MR) is 81.7 cm³/mol. The van der Waals surface area contributed by atoms with Gasteiger partial charge in [0, 0.05) is 17.3 Å². The van der Waals surface area contributed by atoms with Crippen LogP contribution in [-0.4, -0.2) is 36.4 Å². The van der Waals surface area contributed by atoms with Crippen molar-refractivity contribution in [1.29, 1.82) is 0 Å². The zero-order valence-corrected chi connectivity index (χ0v) is 13.1. The third-order valence-corrected chi connectivity index (χ3v) is 3.93. The number of nitrogens with one attached hydrogen (secondary N) is 2. The molecule has 6 nitrogen and oxygen atoms in total. The maximum absolute atomic E-state index is 12.0. The topological polar surface area (TPSA) is 87.7 Å². The Hall–Kier alpha value is -1.60. The molecule has 0 radical (unpaired) electrons. The molecule has 1 saturated carbocycles. The maximum Gasteiger partial charge on any atom is 0.335 e. The molecule has 1 aliphatic rings. The molecule has 1 aromatic rings. The van der Waals surface area contributed by atoms with Crippen molar-refractivity contribution in [2.24, 2.45) is 0 Å². The highest BCUT2D eigenvalue weighted by molar-refractivity contribution is 9.10. The number of aromatic carboxylic acids is 1. The van der Waals surface area contributed by atoms with E-state index in [1.54, 1.807) is 13.2 Å². The molecule has 114 valence electrons. The molecular formula is C14H17BrN2O4. The number of anilines is 1. The fourth-order valence-corrected chi connectivity index (χ4v) is 2.99. The summed E-state index contributed by atoms with van der Waals surface area (Å²) in [5.41, 5.74) is 0.529. The SMILES string of the molecule is COC1CCCC1NC(=O)Nc1cc(Br)cc(C(=O)O)c1. The number of carbonyl (C=O) groups is 2. The number of amides is 2. The first-order chi connectivity index (χ1) is 9.99. The molecule has 0 spiro atoms. The van der Waals surface area contributed by atoms with Crippen LogP contribution in [0.3, 0.4) is 0 Å². The molecule has 3 N–H and O–H groups in total. The Morgan fingerprint density at radius 2 is 2.10 bits per heavy atom. The van der Waals surface area contributed by atoms with E-state index in [0.29, 0.717) is 10.2 Å². The van der Waals surface area contributed by atoms with Crippen molar-refractivity contribution >= 4 is 33.6 Å². The Kier molecular flexibility index (Phi) is 5.19. The van der Waals surface area contributed by atoms with Crippen molar-refractivity contribution in [1.82, 2.24) is 5.32 Å². The number of hydrogen-bond acceptors (Lipinski definition) is 3. The van der Waals surface area contributed by atoms with E-state index >= 15 is 0 Å². The van der Waals surface area contributed by atoms with Crippen LogP contribution < -0.4 is 10.6 Å². The van der Waals surface area contributed by atoms with Crippen LogP contribution in [0.25, 0.3) is 0 Å². The highest BCUT2D eigenvalue weighted by Crippen LogP contribution is 2.22. The van der Waals surface area contributed by atoms with Gasteiger partial charge in [-0.15, -0.1) is 0 Å². The van der Waals surface area contributed by atoms with Gasteiger partial charge in [-0.3, -0.25) is 0 Å². The highest BCUT2D eigenvalue weighted by atomic mass is 79.9. The van der Waals surface area contributed by atoms with Crippen molar-refractivity contribution in [3.05, 3.63) is 28.2 Å². The monoisotopic (exact) mass is 356 g/mol. The molecule has 7 heteroatoms. The van der Waals surface area contributed by atoms with Gasteiger partial charge in [-0.25, -0.2) is 9.59 Å². The van der Waals surface area contributed by atoms with E-state index in [-0.39, 0.29) is 23.7 Å². The Labute approximate surface area is 131 Å². The Morgan fingerprint density at radius 3 is 2.76 bits per heavy atom. The predicted octanol–water partition coefficient (Wildman–Crippen LogP) is 2.84. The quantitative estimate of drug-likeness (QED) is 0.773. The molecule has 2 unspecified atom stereocenters. The summed E-state index contributed by atoms with van der Waals surface area (Å²) in [6, 6.07) is 4.16. The number of rotatable bonds is 4. The van der Waals surface area contributed by atoms with Gasteiger partial charge in [0.2, 0.25) is 0 Å². The standard InChI is InChI=1S/C14H17BrN2O4/c1-21-12-4-2-3-11(12)17-14(20)16-10-6-8(13(18)19)5-9(15)7-10/h5-7,11-12H,2-4H2,1H3,(H,18,19)(H2,16,17,20). The number of urea groups is 1. The minimum atomic E-state index is -1.05. The molecule has 0 aliphatic heterocycles. The molecular weight excluding hydrogens is 340 g/mol. The second kappa shape index (κ2) is 6.91. The first-order valence-electron chi connectivity index (χ1n) is 6.64. The van der Waals surface area contributed by atoms with Crippen LogP contribution in [0.5, 0.6) is 0 Å². The summed E-state index contributed by atoms with van der Waals surface area (Å²) >= 11 is 3.23. The summed E-state index contributed by atoms with van der Waals surface area (Å²) in [6.45, 7) is 0. The number of carboxylic acids is 1. The third-order valence-electron chi connectivity index (χ3n) is 3.47. The molecule has 2 rings (SSSR count). The van der Waals surface area contributed by atoms with E-state index in [2.05, 4.69) is 26.6 Å². The summed E-state index contributed by atoms with van der Waals surface area (Å²) in [5.74, 6) is -1.05. The van der Waals surface area contributed by atoms with Crippen LogP contribution >= 0.6 is 15.9 Å². The minimum absolute atomic E-state index is 0.0129. The van der Waals surface area contributed by atoms with Gasteiger partial charge in [-0.2, -0.15) is 0 Å². The molecule has 1 fully saturated rings. The summed E-state index contributed by atoms with van der Waals surface area (Å²) in [6.07, 6.45) is 2.86. The Bertz CT molecular complexity index is 550. The third kappa shape index (κ3) is 4.18. The van der Waals surface area contributed by atoms with Gasteiger partial charge in [-0.05, 0) is 37.5 Å². The molecule has 0 bridgehead atoms. The lowest BCUT2D eigenvalue weighted by molar-refractivity contribution is 0.0697. The lowest BCUT2D eigenvalue weighted by Gasteiger charge is -2.20. The molecule has 1 aromatic carbocycles. The molecule has 0 aromatic heterocycles. The number of hydrogen-bond donors (Lipinski definition) is 3. The zero-order chi connectivity index (χ0) is 15.4. The summed E-state index contributed by atoms with van der Waals surface area (Å²) in [7, 11) is 1.63. The van der Waals surface area contributed by atoms with Gasteiger partial charge in [0.05, 0.1) is 17.7 Å². The fourth-order valence-electron chi connectivity index (χ4n) is 2.49. The second-order valence-electron chi connectivity index (χ2n) is 4.94. The van der Waals surface area contributed by atoms with Crippen LogP contribution in [0.4, 0.5) is 10.5 Å². The molecule has 2 amide bonds. The number of benzene rings is 1. The van der Waals surface area contributed by atoms with Gasteiger partial charge in [-0.1, -0.05) is 15.9 Å². The first-order valence-corrected chi connectivity index (χ1v) is 7.43. The van der Waals surface area contributed by atoms with Crippen LogP contribution in [0.1, 0.15) is 29.6 Å². The van der Waals surface area contributed by atoms with Gasteiger partial charge >= 0.3 is 12.0 Å². The average Bonchev–Trinajstić information content (AvgIpc) is 2.84. The number of carbonyl (C=O) groups excluding carboxylic acids is 1. The number of ether oxygens (including phenoxy) is 1. The second-order valence-corrected chi connectivity index (χ2v) is 5.86. The lowest BCUT2D eigenvalue weighted by atomic mass is 10.2. The fraction of sp³-hybridized carbons (Fsp3) is 0.429. The van der Waals surface area contributed by atoms with Gasteiger partial charge in [0.25, 0.3) is 0 Å². The summed E-state index contributed by atoms with van der Waals surface area (Å²) in [5, 5.41) is 14.5. The summed E-state index contributed by atoms with van der Waals surface area (Å²) < 4.78 is 5.91. The highest BCUT2D eigenvalue weighted by Gasteiger charge is 2.28. The van der Waals surface area contributed by atoms with Gasteiger partial charge in [0.1, 0.15) is 0 Å². The average molecular weight is 357 g/mol. The maximum atomic E-state index is 12.0. The van der Waals surface area contributed by atoms with Crippen molar-refractivity contribution in [3.8, 4) is 0 Å². The Balaban J connectivity index is 2.01. The smallest absolute Gasteiger partial charge is 0.335 e. The minimum Gasteiger partial charge on any atom is -0.478 e. The number of methoxy groups -OCH3 is 1. The van der Waals surface area contributed by atoms with E-state index in [1.807, 2.05) is 0 Å². The van der Waals surface area contributed by atoms with E-state index in [4.69, 9.17) is 9.84 Å².